The van der Waals surface area contributed by atoms with Gasteiger partial charge in [-0.3, -0.25) is 10.1 Å². The van der Waals surface area contributed by atoms with E-state index in [1.165, 1.54) is 23.1 Å². The highest BCUT2D eigenvalue weighted by atomic mass is 32.2. The number of amides is 1. The molecule has 3 rings (SSSR count). The molecule has 2 heterocycles. The number of hydrogen-bond acceptors (Lipinski definition) is 7. The van der Waals surface area contributed by atoms with Crippen LogP contribution >= 0.6 is 23.1 Å². The van der Waals surface area contributed by atoms with Crippen LogP contribution in [0.4, 0.5) is 5.13 Å². The van der Waals surface area contributed by atoms with E-state index in [0.717, 1.165) is 28.7 Å². The Hall–Kier alpha value is -1.67. The highest BCUT2D eigenvalue weighted by Gasteiger charge is 2.29. The summed E-state index contributed by atoms with van der Waals surface area (Å²) in [7, 11) is 0. The van der Waals surface area contributed by atoms with Crippen molar-refractivity contribution in [2.24, 2.45) is 0 Å². The van der Waals surface area contributed by atoms with E-state index in [2.05, 4.69) is 27.2 Å². The Morgan fingerprint density at radius 1 is 1.60 bits per heavy atom. The van der Waals surface area contributed by atoms with E-state index in [-0.39, 0.29) is 11.6 Å². The van der Waals surface area contributed by atoms with Crippen LogP contribution in [0.2, 0.25) is 0 Å². The molecule has 20 heavy (non-hydrogen) atoms. The largest absolute Gasteiger partial charge is 0.360 e. The molecule has 2 aromatic heterocycles. The Morgan fingerprint density at radius 2 is 2.45 bits per heavy atom. The van der Waals surface area contributed by atoms with Crippen LogP contribution < -0.4 is 5.32 Å². The molecule has 1 aliphatic rings. The van der Waals surface area contributed by atoms with Gasteiger partial charge in [0.25, 0.3) is 5.91 Å². The minimum absolute atomic E-state index is 0.280. The number of rotatable bonds is 6. The van der Waals surface area contributed by atoms with Crippen molar-refractivity contribution in [1.29, 1.82) is 0 Å². The molecule has 0 aliphatic heterocycles. The summed E-state index contributed by atoms with van der Waals surface area (Å²) in [6.45, 7) is 3.64. The summed E-state index contributed by atoms with van der Waals surface area (Å²) < 4.78 is 5.94. The van der Waals surface area contributed by atoms with Crippen LogP contribution in [0.15, 0.2) is 27.6 Å². The molecule has 0 saturated heterocycles. The van der Waals surface area contributed by atoms with E-state index in [4.69, 9.17) is 4.52 Å². The molecule has 1 amide bonds. The predicted octanol–water partition coefficient (Wildman–Crippen LogP) is 2.93. The first-order valence-electron chi connectivity index (χ1n) is 6.11. The molecule has 1 aliphatic carbocycles. The average Bonchev–Trinajstić information content (AvgIpc) is 3.01. The summed E-state index contributed by atoms with van der Waals surface area (Å²) in [6.07, 6.45) is 4.01. The Balaban J connectivity index is 1.62. The van der Waals surface area contributed by atoms with Gasteiger partial charge in [-0.2, -0.15) is 0 Å². The Morgan fingerprint density at radius 3 is 3.20 bits per heavy atom. The minimum Gasteiger partial charge on any atom is -0.360 e. The number of nitrogens with zero attached hydrogens (tertiary/aromatic N) is 3. The second kappa shape index (κ2) is 5.76. The first-order valence-corrected chi connectivity index (χ1v) is 7.91. The van der Waals surface area contributed by atoms with Crippen LogP contribution in [0.1, 0.15) is 35.0 Å². The Labute approximate surface area is 123 Å². The van der Waals surface area contributed by atoms with Crippen LogP contribution in [0.3, 0.4) is 0 Å². The van der Waals surface area contributed by atoms with Gasteiger partial charge in [0, 0.05) is 17.7 Å². The van der Waals surface area contributed by atoms with Crippen LogP contribution in [0, 0.1) is 0 Å². The molecule has 8 heteroatoms. The second-order valence-corrected chi connectivity index (χ2v) is 6.56. The summed E-state index contributed by atoms with van der Waals surface area (Å²) in [6, 6.07) is 1.70. The summed E-state index contributed by atoms with van der Waals surface area (Å²) in [4.78, 5) is 12.0. The van der Waals surface area contributed by atoms with E-state index in [0.29, 0.717) is 11.0 Å². The molecule has 0 spiro atoms. The van der Waals surface area contributed by atoms with Crippen LogP contribution in [-0.4, -0.2) is 27.0 Å². The van der Waals surface area contributed by atoms with E-state index < -0.39 is 0 Å². The molecular formula is C12H12N4O2S2. The fraction of sp³-hybridized carbons (Fsp3) is 0.333. The zero-order valence-corrected chi connectivity index (χ0v) is 12.2. The van der Waals surface area contributed by atoms with Gasteiger partial charge in [-0.1, -0.05) is 34.3 Å². The molecule has 0 radical (unpaired) electrons. The van der Waals surface area contributed by atoms with E-state index in [1.54, 1.807) is 12.1 Å². The summed E-state index contributed by atoms with van der Waals surface area (Å²) in [5.74, 6) is 1.66. The maximum atomic E-state index is 12.0. The summed E-state index contributed by atoms with van der Waals surface area (Å²) >= 11 is 2.85. The molecule has 0 atom stereocenters. The van der Waals surface area contributed by atoms with Gasteiger partial charge in [0.1, 0.15) is 5.76 Å². The fourth-order valence-electron chi connectivity index (χ4n) is 1.57. The molecule has 1 saturated carbocycles. The van der Waals surface area contributed by atoms with Crippen molar-refractivity contribution in [3.63, 3.8) is 0 Å². The maximum Gasteiger partial charge on any atom is 0.279 e. The fourth-order valence-corrected chi connectivity index (χ4v) is 3.07. The van der Waals surface area contributed by atoms with Gasteiger partial charge in [-0.25, -0.2) is 0 Å². The van der Waals surface area contributed by atoms with Crippen molar-refractivity contribution in [2.45, 2.75) is 23.1 Å². The molecule has 0 unspecified atom stereocenters. The van der Waals surface area contributed by atoms with E-state index >= 15 is 0 Å². The molecule has 6 nitrogen and oxygen atoms in total. The zero-order valence-electron chi connectivity index (χ0n) is 10.5. The molecule has 104 valence electrons. The van der Waals surface area contributed by atoms with Gasteiger partial charge in [-0.15, -0.1) is 16.8 Å². The topological polar surface area (TPSA) is 80.9 Å². The van der Waals surface area contributed by atoms with Crippen LogP contribution in [-0.2, 0) is 0 Å². The van der Waals surface area contributed by atoms with Crippen molar-refractivity contribution in [2.75, 3.05) is 11.1 Å². The minimum atomic E-state index is -0.322. The smallest absolute Gasteiger partial charge is 0.279 e. The lowest BCUT2D eigenvalue weighted by Crippen LogP contribution is -2.11. The number of carbonyl (C=O) groups is 1. The lowest BCUT2D eigenvalue weighted by atomic mass is 10.3. The van der Waals surface area contributed by atoms with Gasteiger partial charge in [0.05, 0.1) is 0 Å². The Kier molecular flexibility index (Phi) is 3.83. The van der Waals surface area contributed by atoms with Crippen molar-refractivity contribution in [3.8, 4) is 0 Å². The predicted molar refractivity (Wildman–Crippen MR) is 77.3 cm³/mol. The third-order valence-corrected chi connectivity index (χ3v) is 4.66. The highest BCUT2D eigenvalue weighted by Crippen LogP contribution is 2.40. The molecular weight excluding hydrogens is 296 g/mol. The van der Waals surface area contributed by atoms with Crippen molar-refractivity contribution in [3.05, 3.63) is 30.2 Å². The number of thioether (sulfide) groups is 1. The number of nitrogens with one attached hydrogen (secondary N) is 1. The first-order chi connectivity index (χ1) is 9.76. The molecule has 1 fully saturated rings. The highest BCUT2D eigenvalue weighted by molar-refractivity contribution is 8.01. The van der Waals surface area contributed by atoms with Crippen molar-refractivity contribution < 1.29 is 9.32 Å². The van der Waals surface area contributed by atoms with Crippen LogP contribution in [0.5, 0.6) is 0 Å². The molecule has 0 bridgehead atoms. The molecule has 1 N–H and O–H groups in total. The third-order valence-electron chi connectivity index (χ3n) is 2.69. The van der Waals surface area contributed by atoms with E-state index in [1.807, 2.05) is 0 Å². The lowest BCUT2D eigenvalue weighted by Gasteiger charge is -1.94. The van der Waals surface area contributed by atoms with Crippen LogP contribution in [0.25, 0.3) is 0 Å². The average molecular weight is 308 g/mol. The van der Waals surface area contributed by atoms with Gasteiger partial charge in [-0.05, 0) is 12.8 Å². The van der Waals surface area contributed by atoms with Gasteiger partial charge in [0.15, 0.2) is 10.0 Å². The normalized spacial score (nSPS) is 14.2. The van der Waals surface area contributed by atoms with Crippen molar-refractivity contribution in [1.82, 2.24) is 15.4 Å². The number of hydrogen-bond donors (Lipinski definition) is 1. The zero-order chi connectivity index (χ0) is 13.9. The summed E-state index contributed by atoms with van der Waals surface area (Å²) in [5.41, 5.74) is 0.280. The first kappa shape index (κ1) is 13.3. The van der Waals surface area contributed by atoms with Gasteiger partial charge in [0.2, 0.25) is 5.13 Å². The third kappa shape index (κ3) is 3.07. The maximum absolute atomic E-state index is 12.0. The van der Waals surface area contributed by atoms with Gasteiger partial charge < -0.3 is 4.52 Å². The summed E-state index contributed by atoms with van der Waals surface area (Å²) in [5, 5.41) is 14.8. The second-order valence-electron chi connectivity index (χ2n) is 4.32. The molecule has 0 aromatic carbocycles. The monoisotopic (exact) mass is 308 g/mol. The lowest BCUT2D eigenvalue weighted by molar-refractivity contribution is 0.101. The SMILES string of the molecule is C=CCSc1nnc(NC(=O)c2cc(C3CC3)on2)s1. The quantitative estimate of drug-likeness (QED) is 0.502. The molecule has 2 aromatic rings. The number of anilines is 1. The van der Waals surface area contributed by atoms with Gasteiger partial charge >= 0.3 is 0 Å². The Bertz CT molecular complexity index is 633. The standard InChI is InChI=1S/C12H12N4O2S2/c1-2-5-19-12-15-14-11(20-12)13-10(17)8-6-9(18-16-8)7-3-4-7/h2,6-7H,1,3-5H2,(H,13,14,17). The number of aromatic nitrogens is 3. The van der Waals surface area contributed by atoms with Crippen molar-refractivity contribution >= 4 is 34.1 Å². The number of carbonyl (C=O) groups excluding carboxylic acids is 1. The van der Waals surface area contributed by atoms with E-state index in [9.17, 15) is 4.79 Å².